The van der Waals surface area contributed by atoms with E-state index in [2.05, 4.69) is 137 Å². The first kappa shape index (κ1) is 93.2. The Balaban J connectivity index is 5.41. The van der Waals surface area contributed by atoms with Crippen molar-refractivity contribution in [1.29, 1.82) is 0 Å². The zero-order chi connectivity index (χ0) is 71.8. The summed E-state index contributed by atoms with van der Waals surface area (Å²) in [6.45, 7) is 4.45. The first-order valence-corrected chi connectivity index (χ1v) is 40.4. The first-order valence-electron chi connectivity index (χ1n) is 37.4. The van der Waals surface area contributed by atoms with Crippen LogP contribution in [-0.4, -0.2) is 96.7 Å². The number of ether oxygens (including phenoxy) is 4. The maximum Gasteiger partial charge on any atom is 0.472 e. The largest absolute Gasteiger partial charge is 0.472 e. The second kappa shape index (κ2) is 70.6. The summed E-state index contributed by atoms with van der Waals surface area (Å²) in [5.41, 5.74) is 0. The molecule has 0 fully saturated rings. The fourth-order valence-corrected chi connectivity index (χ4v) is 11.0. The third-order valence-corrected chi connectivity index (χ3v) is 17.0. The van der Waals surface area contributed by atoms with E-state index in [1.807, 2.05) is 24.3 Å². The summed E-state index contributed by atoms with van der Waals surface area (Å²) < 4.78 is 68.3. The summed E-state index contributed by atoms with van der Waals surface area (Å²) >= 11 is 0. The Bertz CT molecular complexity index is 2380. The van der Waals surface area contributed by atoms with E-state index in [4.69, 9.17) is 37.0 Å². The van der Waals surface area contributed by atoms with Crippen molar-refractivity contribution in [3.05, 3.63) is 134 Å². The number of aliphatic hydroxyl groups excluding tert-OH is 1. The van der Waals surface area contributed by atoms with Crippen LogP contribution in [0.2, 0.25) is 0 Å². The molecule has 0 rings (SSSR count). The maximum absolute atomic E-state index is 13.1. The molecule has 0 amide bonds. The van der Waals surface area contributed by atoms with Gasteiger partial charge in [-0.15, -0.1) is 0 Å². The van der Waals surface area contributed by atoms with Crippen molar-refractivity contribution in [3.63, 3.8) is 0 Å². The van der Waals surface area contributed by atoms with Gasteiger partial charge in [0.25, 0.3) is 0 Å². The number of hydrogen-bond donors (Lipinski definition) is 3. The van der Waals surface area contributed by atoms with E-state index in [0.29, 0.717) is 38.5 Å². The molecule has 0 aliphatic rings. The lowest BCUT2D eigenvalue weighted by atomic mass is 10.0. The van der Waals surface area contributed by atoms with Crippen molar-refractivity contribution in [1.82, 2.24) is 0 Å². The summed E-state index contributed by atoms with van der Waals surface area (Å²) in [4.78, 5) is 72.7. The highest BCUT2D eigenvalue weighted by atomic mass is 31.2. The number of phosphoric ester groups is 2. The molecule has 5 atom stereocenters. The number of phosphoric acid groups is 2. The Kier molecular flexibility index (Phi) is 67.2. The second-order valence-corrected chi connectivity index (χ2v) is 27.4. The molecular weight excluding hydrogens is 1280 g/mol. The summed E-state index contributed by atoms with van der Waals surface area (Å²) in [6, 6.07) is 0. The molecule has 0 saturated carbocycles. The van der Waals surface area contributed by atoms with Crippen LogP contribution in [0.1, 0.15) is 285 Å². The highest BCUT2D eigenvalue weighted by Crippen LogP contribution is 2.45. The first-order chi connectivity index (χ1) is 47.7. The number of esters is 4. The Hall–Kier alpha value is -4.80. The van der Waals surface area contributed by atoms with Crippen LogP contribution in [-0.2, 0) is 65.4 Å². The zero-order valence-electron chi connectivity index (χ0n) is 60.9. The molecule has 0 radical (unpaired) electrons. The van der Waals surface area contributed by atoms with Crippen LogP contribution in [0.3, 0.4) is 0 Å². The van der Waals surface area contributed by atoms with Crippen molar-refractivity contribution in [2.45, 2.75) is 303 Å². The van der Waals surface area contributed by atoms with Crippen LogP contribution < -0.4 is 0 Å². The van der Waals surface area contributed by atoms with Crippen molar-refractivity contribution in [3.8, 4) is 0 Å². The Labute approximate surface area is 593 Å². The van der Waals surface area contributed by atoms with Crippen LogP contribution in [0.15, 0.2) is 134 Å². The van der Waals surface area contributed by atoms with E-state index in [1.165, 1.54) is 64.2 Å². The van der Waals surface area contributed by atoms with E-state index in [-0.39, 0.29) is 25.7 Å². The SMILES string of the molecule is CC/C=C\C/C=C\C/C=C\C/C=C\C/C=C\CCCC(=O)OCC(COP(=O)(O)OCC(O)COP(=O)(O)OCC(COC(=O)CCC/C=C\C/C=C\C/C=C\C/C=C\C/C=C\CC)OC(=O)CCCCCCCCCCCCCCC)OC(=O)CCCCCCC/C=C\CCCC. The van der Waals surface area contributed by atoms with Gasteiger partial charge in [-0.3, -0.25) is 37.3 Å². The van der Waals surface area contributed by atoms with Gasteiger partial charge in [-0.2, -0.15) is 0 Å². The predicted octanol–water partition coefficient (Wildman–Crippen LogP) is 21.3. The quantitative estimate of drug-likeness (QED) is 0.0169. The lowest BCUT2D eigenvalue weighted by Gasteiger charge is -2.21. The molecule has 560 valence electrons. The van der Waals surface area contributed by atoms with Crippen LogP contribution in [0.25, 0.3) is 0 Å². The smallest absolute Gasteiger partial charge is 0.462 e. The van der Waals surface area contributed by atoms with Gasteiger partial charge >= 0.3 is 39.5 Å². The molecule has 0 aliphatic heterocycles. The van der Waals surface area contributed by atoms with Crippen LogP contribution in [0.4, 0.5) is 0 Å². The Morgan fingerprint density at radius 2 is 0.551 bits per heavy atom. The molecule has 5 unspecified atom stereocenters. The second-order valence-electron chi connectivity index (χ2n) is 24.5. The molecule has 0 aromatic rings. The van der Waals surface area contributed by atoms with Gasteiger partial charge in [0, 0.05) is 25.7 Å². The maximum atomic E-state index is 13.1. The lowest BCUT2D eigenvalue weighted by Crippen LogP contribution is -2.30. The van der Waals surface area contributed by atoms with E-state index < -0.39 is 97.5 Å². The molecule has 0 saturated heterocycles. The van der Waals surface area contributed by atoms with E-state index in [1.54, 1.807) is 0 Å². The van der Waals surface area contributed by atoms with Crippen molar-refractivity contribution >= 4 is 39.5 Å². The highest BCUT2D eigenvalue weighted by Gasteiger charge is 2.30. The van der Waals surface area contributed by atoms with Gasteiger partial charge in [0.1, 0.15) is 19.3 Å². The lowest BCUT2D eigenvalue weighted by molar-refractivity contribution is -0.161. The number of hydrogen-bond acceptors (Lipinski definition) is 15. The summed E-state index contributed by atoms with van der Waals surface area (Å²) in [7, 11) is -9.98. The molecule has 0 spiro atoms. The number of unbranched alkanes of at least 4 members (excludes halogenated alkanes) is 21. The van der Waals surface area contributed by atoms with Gasteiger partial charge in [-0.1, -0.05) is 271 Å². The minimum Gasteiger partial charge on any atom is -0.462 e. The van der Waals surface area contributed by atoms with Crippen molar-refractivity contribution in [2.75, 3.05) is 39.6 Å². The topological polar surface area (TPSA) is 237 Å². The third kappa shape index (κ3) is 69.7. The number of rotatable bonds is 69. The zero-order valence-corrected chi connectivity index (χ0v) is 62.7. The fourth-order valence-electron chi connectivity index (χ4n) is 9.45. The van der Waals surface area contributed by atoms with Crippen LogP contribution >= 0.6 is 15.6 Å². The Morgan fingerprint density at radius 3 is 0.888 bits per heavy atom. The molecule has 0 bridgehead atoms. The van der Waals surface area contributed by atoms with Crippen molar-refractivity contribution in [2.24, 2.45) is 0 Å². The van der Waals surface area contributed by atoms with Crippen LogP contribution in [0, 0.1) is 0 Å². The van der Waals surface area contributed by atoms with E-state index in [9.17, 15) is 43.2 Å². The van der Waals surface area contributed by atoms with Gasteiger partial charge in [-0.25, -0.2) is 9.13 Å². The molecule has 3 N–H and O–H groups in total. The van der Waals surface area contributed by atoms with Gasteiger partial charge in [0.15, 0.2) is 12.2 Å². The average molecular weight is 1420 g/mol. The van der Waals surface area contributed by atoms with Gasteiger partial charge in [-0.05, 0) is 122 Å². The number of carbonyl (C=O) groups excluding carboxylic acids is 4. The van der Waals surface area contributed by atoms with Crippen molar-refractivity contribution < 1.29 is 80.2 Å². The Morgan fingerprint density at radius 1 is 0.296 bits per heavy atom. The molecule has 0 aromatic carbocycles. The number of carbonyl (C=O) groups is 4. The summed E-state index contributed by atoms with van der Waals surface area (Å²) in [6.07, 6.45) is 77.6. The van der Waals surface area contributed by atoms with Crippen LogP contribution in [0.5, 0.6) is 0 Å². The minimum atomic E-state index is -4.99. The number of allylic oxidation sites excluding steroid dienone is 22. The summed E-state index contributed by atoms with van der Waals surface area (Å²) in [5.74, 6) is -2.32. The third-order valence-electron chi connectivity index (χ3n) is 15.1. The standard InChI is InChI=1S/C79H132O17P2/c1-5-9-13-17-21-25-29-32-34-36-38-41-44-47-51-55-59-63-76(81)89-69-74(95-78(83)65-61-57-53-49-43-28-24-20-16-12-8-4)71-93-97(85,86)91-67-73(80)68-92-98(87,88)94-72-75(96-79(84)66-62-58-54-50-46-40-31-27-23-19-15-11-7-3)70-90-77(82)64-60-56-52-48-45-42-39-37-35-33-30-26-22-18-14-10-6-2/h9-10,13-14,20-22,24-26,32-35,38-39,41-42,47-48,51-52,73-75,80H,5-8,11-12,15-19,23,27-31,36-37,40,43-46,49-50,53-72H2,1-4H3,(H,85,86)(H,87,88)/b13-9-,14-10-,24-20-,25-21-,26-22-,34-32-,35-33-,41-38-,42-39-,51-47-,52-48-. The number of aliphatic hydroxyl groups is 1. The minimum absolute atomic E-state index is 0.0682. The van der Waals surface area contributed by atoms with Gasteiger partial charge in [0.2, 0.25) is 0 Å². The van der Waals surface area contributed by atoms with E-state index in [0.717, 1.165) is 128 Å². The van der Waals surface area contributed by atoms with E-state index >= 15 is 0 Å². The highest BCUT2D eigenvalue weighted by molar-refractivity contribution is 7.47. The molecular formula is C79H132O17P2. The monoisotopic (exact) mass is 1410 g/mol. The fraction of sp³-hybridized carbons (Fsp3) is 0.671. The predicted molar refractivity (Wildman–Crippen MR) is 399 cm³/mol. The molecule has 17 nitrogen and oxygen atoms in total. The molecule has 0 aliphatic carbocycles. The molecule has 0 aromatic heterocycles. The summed E-state index contributed by atoms with van der Waals surface area (Å²) in [5, 5.41) is 10.6. The van der Waals surface area contributed by atoms with Gasteiger partial charge < -0.3 is 33.8 Å². The molecule has 19 heteroatoms. The molecule has 98 heavy (non-hydrogen) atoms. The molecule has 0 heterocycles. The van der Waals surface area contributed by atoms with Gasteiger partial charge in [0.05, 0.1) is 26.4 Å². The average Bonchev–Trinajstić information content (AvgIpc) is 0.985. The normalized spacial score (nSPS) is 14.7.